The molecule has 1 rings (SSSR count). The van der Waals surface area contributed by atoms with Gasteiger partial charge in [-0.2, -0.15) is 0 Å². The van der Waals surface area contributed by atoms with Gasteiger partial charge in [0.25, 0.3) is 0 Å². The SMILES string of the molecule is CC(C)c1nnc(Cl)n1C(C)CS(C)=O. The van der Waals surface area contributed by atoms with Gasteiger partial charge < -0.3 is 0 Å². The van der Waals surface area contributed by atoms with Crippen LogP contribution in [0.15, 0.2) is 0 Å². The number of nitrogens with zero attached hydrogens (tertiary/aromatic N) is 3. The highest BCUT2D eigenvalue weighted by Crippen LogP contribution is 2.22. The van der Waals surface area contributed by atoms with Gasteiger partial charge in [0.15, 0.2) is 0 Å². The van der Waals surface area contributed by atoms with Crippen molar-refractivity contribution in [2.75, 3.05) is 12.0 Å². The van der Waals surface area contributed by atoms with Crippen LogP contribution in [0.5, 0.6) is 0 Å². The van der Waals surface area contributed by atoms with E-state index in [1.54, 1.807) is 6.26 Å². The third-order valence-corrected chi connectivity index (χ3v) is 3.32. The Kier molecular flexibility index (Phi) is 4.28. The van der Waals surface area contributed by atoms with E-state index in [1.807, 2.05) is 25.3 Å². The second-order valence-electron chi connectivity index (χ2n) is 3.94. The molecule has 2 unspecified atom stereocenters. The van der Waals surface area contributed by atoms with Crippen molar-refractivity contribution < 1.29 is 4.21 Å². The van der Waals surface area contributed by atoms with Gasteiger partial charge in [-0.05, 0) is 18.5 Å². The number of rotatable bonds is 4. The van der Waals surface area contributed by atoms with Gasteiger partial charge in [-0.15, -0.1) is 10.2 Å². The first-order chi connectivity index (χ1) is 6.93. The zero-order valence-corrected chi connectivity index (χ0v) is 11.0. The van der Waals surface area contributed by atoms with Crippen molar-refractivity contribution >= 4 is 22.4 Å². The van der Waals surface area contributed by atoms with E-state index >= 15 is 0 Å². The first-order valence-corrected chi connectivity index (χ1v) is 6.94. The van der Waals surface area contributed by atoms with Crippen LogP contribution >= 0.6 is 11.6 Å². The van der Waals surface area contributed by atoms with Gasteiger partial charge in [0.1, 0.15) is 5.82 Å². The normalized spacial score (nSPS) is 15.6. The van der Waals surface area contributed by atoms with Crippen LogP contribution < -0.4 is 0 Å². The van der Waals surface area contributed by atoms with Crippen molar-refractivity contribution in [2.45, 2.75) is 32.7 Å². The predicted molar refractivity (Wildman–Crippen MR) is 62.8 cm³/mol. The Labute approximate surface area is 97.5 Å². The average molecular weight is 250 g/mol. The minimum atomic E-state index is -0.845. The van der Waals surface area contributed by atoms with Gasteiger partial charge in [0.05, 0.1) is 0 Å². The van der Waals surface area contributed by atoms with Crippen molar-refractivity contribution in [1.29, 1.82) is 0 Å². The molecule has 0 aliphatic heterocycles. The van der Waals surface area contributed by atoms with Crippen molar-refractivity contribution in [1.82, 2.24) is 14.8 Å². The first kappa shape index (κ1) is 12.6. The summed E-state index contributed by atoms with van der Waals surface area (Å²) in [6.07, 6.45) is 1.68. The molecule has 86 valence electrons. The molecule has 0 aromatic carbocycles. The minimum absolute atomic E-state index is 0.0655. The van der Waals surface area contributed by atoms with Crippen LogP contribution in [0.1, 0.15) is 38.6 Å². The molecule has 6 heteroatoms. The van der Waals surface area contributed by atoms with Gasteiger partial charge in [-0.1, -0.05) is 13.8 Å². The standard InChI is InChI=1S/C9H16ClN3OS/c1-6(2)8-11-12-9(10)13(8)7(3)5-15(4)14/h6-7H,5H2,1-4H3. The summed E-state index contributed by atoms with van der Waals surface area (Å²) < 4.78 is 13.0. The largest absolute Gasteiger partial charge is 0.298 e. The molecule has 0 bridgehead atoms. The quantitative estimate of drug-likeness (QED) is 0.820. The second kappa shape index (κ2) is 5.07. The maximum absolute atomic E-state index is 11.2. The minimum Gasteiger partial charge on any atom is -0.298 e. The van der Waals surface area contributed by atoms with E-state index in [4.69, 9.17) is 11.6 Å². The summed E-state index contributed by atoms with van der Waals surface area (Å²) in [7, 11) is -0.845. The van der Waals surface area contributed by atoms with E-state index in [9.17, 15) is 4.21 Å². The monoisotopic (exact) mass is 249 g/mol. The van der Waals surface area contributed by atoms with Crippen LogP contribution in [-0.2, 0) is 10.8 Å². The Morgan fingerprint density at radius 2 is 2.00 bits per heavy atom. The molecule has 0 fully saturated rings. The molecule has 1 aromatic heterocycles. The van der Waals surface area contributed by atoms with Crippen LogP contribution in [0, 0.1) is 0 Å². The highest BCUT2D eigenvalue weighted by Gasteiger charge is 2.18. The summed E-state index contributed by atoms with van der Waals surface area (Å²) in [6.45, 7) is 6.04. The highest BCUT2D eigenvalue weighted by molar-refractivity contribution is 7.84. The molecular weight excluding hydrogens is 234 g/mol. The molecule has 0 amide bonds. The lowest BCUT2D eigenvalue weighted by Crippen LogP contribution is -2.16. The van der Waals surface area contributed by atoms with Crippen LogP contribution in [0.25, 0.3) is 0 Å². The molecule has 0 spiro atoms. The fourth-order valence-electron chi connectivity index (χ4n) is 1.50. The fourth-order valence-corrected chi connectivity index (χ4v) is 2.62. The second-order valence-corrected chi connectivity index (χ2v) is 5.76. The molecule has 0 saturated heterocycles. The molecule has 0 aliphatic rings. The van der Waals surface area contributed by atoms with Gasteiger partial charge in [-0.25, -0.2) is 0 Å². The van der Waals surface area contributed by atoms with Gasteiger partial charge in [-0.3, -0.25) is 8.78 Å². The summed E-state index contributed by atoms with van der Waals surface area (Å²) in [5.74, 6) is 1.67. The highest BCUT2D eigenvalue weighted by atomic mass is 35.5. The molecule has 1 aromatic rings. The summed E-state index contributed by atoms with van der Waals surface area (Å²) >= 11 is 5.96. The molecular formula is C9H16ClN3OS. The van der Waals surface area contributed by atoms with Crippen molar-refractivity contribution in [2.24, 2.45) is 0 Å². The molecule has 0 saturated carbocycles. The van der Waals surface area contributed by atoms with Gasteiger partial charge in [0, 0.05) is 34.8 Å². The first-order valence-electron chi connectivity index (χ1n) is 4.83. The maximum Gasteiger partial charge on any atom is 0.225 e. The summed E-state index contributed by atoms with van der Waals surface area (Å²) in [4.78, 5) is 0. The average Bonchev–Trinajstić information content (AvgIpc) is 2.45. The molecule has 0 aliphatic carbocycles. The van der Waals surface area contributed by atoms with Crippen LogP contribution in [0.3, 0.4) is 0 Å². The van der Waals surface area contributed by atoms with Crippen molar-refractivity contribution in [3.63, 3.8) is 0 Å². The molecule has 1 heterocycles. The third kappa shape index (κ3) is 3.01. The number of hydrogen-bond acceptors (Lipinski definition) is 3. The Morgan fingerprint density at radius 3 is 2.47 bits per heavy atom. The van der Waals surface area contributed by atoms with Crippen LogP contribution in [0.4, 0.5) is 0 Å². The van der Waals surface area contributed by atoms with E-state index in [0.717, 1.165) is 5.82 Å². The molecule has 0 radical (unpaired) electrons. The Bertz CT molecular complexity index is 364. The van der Waals surface area contributed by atoms with E-state index < -0.39 is 10.8 Å². The fraction of sp³-hybridized carbons (Fsp3) is 0.778. The van der Waals surface area contributed by atoms with E-state index in [-0.39, 0.29) is 12.0 Å². The van der Waals surface area contributed by atoms with Crippen LogP contribution in [0.2, 0.25) is 5.28 Å². The maximum atomic E-state index is 11.2. The zero-order valence-electron chi connectivity index (χ0n) is 9.40. The van der Waals surface area contributed by atoms with Crippen molar-refractivity contribution in [3.8, 4) is 0 Å². The number of halogens is 1. The smallest absolute Gasteiger partial charge is 0.225 e. The molecule has 4 nitrogen and oxygen atoms in total. The molecule has 2 atom stereocenters. The van der Waals surface area contributed by atoms with E-state index in [0.29, 0.717) is 11.0 Å². The lowest BCUT2D eigenvalue weighted by Gasteiger charge is -2.16. The summed E-state index contributed by atoms with van der Waals surface area (Å²) in [5, 5.41) is 8.24. The Hall–Kier alpha value is -0.420. The van der Waals surface area contributed by atoms with Crippen molar-refractivity contribution in [3.05, 3.63) is 11.1 Å². The lowest BCUT2D eigenvalue weighted by atomic mass is 10.2. The Balaban J connectivity index is 3.00. The van der Waals surface area contributed by atoms with E-state index in [2.05, 4.69) is 10.2 Å². The number of aromatic nitrogens is 3. The molecule has 0 N–H and O–H groups in total. The molecule has 15 heavy (non-hydrogen) atoms. The lowest BCUT2D eigenvalue weighted by molar-refractivity contribution is 0.551. The third-order valence-electron chi connectivity index (χ3n) is 2.11. The Morgan fingerprint density at radius 1 is 1.40 bits per heavy atom. The summed E-state index contributed by atoms with van der Waals surface area (Å²) in [6, 6.07) is 0.0655. The van der Waals surface area contributed by atoms with Gasteiger partial charge in [0.2, 0.25) is 5.28 Å². The van der Waals surface area contributed by atoms with E-state index in [1.165, 1.54) is 0 Å². The predicted octanol–water partition coefficient (Wildman–Crippen LogP) is 1.99. The number of hydrogen-bond donors (Lipinski definition) is 0. The summed E-state index contributed by atoms with van der Waals surface area (Å²) in [5.41, 5.74) is 0. The zero-order chi connectivity index (χ0) is 11.6. The van der Waals surface area contributed by atoms with Gasteiger partial charge >= 0.3 is 0 Å². The van der Waals surface area contributed by atoms with Crippen LogP contribution in [-0.4, -0.2) is 31.0 Å². The topological polar surface area (TPSA) is 47.8 Å².